The Morgan fingerprint density at radius 3 is 2.43 bits per heavy atom. The molecule has 0 aromatic heterocycles. The van der Waals surface area contributed by atoms with E-state index in [0.717, 1.165) is 0 Å². The number of aromatic carboxylic acids is 1. The number of methoxy groups -OCH3 is 1. The second-order valence-corrected chi connectivity index (χ2v) is 4.19. The van der Waals surface area contributed by atoms with E-state index in [4.69, 9.17) is 9.84 Å². The van der Waals surface area contributed by atoms with Crippen LogP contribution in [0.5, 0.6) is 11.5 Å². The van der Waals surface area contributed by atoms with E-state index in [1.54, 1.807) is 12.1 Å². The molecule has 2 rings (SSSR count). The Bertz CT molecular complexity index is 696. The molecule has 0 heterocycles. The molecular formula is C15H13NO5. The Balaban J connectivity index is 2.36. The number of aromatic hydroxyl groups is 1. The number of hydrogen-bond donors (Lipinski definition) is 3. The quantitative estimate of drug-likeness (QED) is 0.802. The number of phenols is 1. The Hall–Kier alpha value is -3.02. The highest BCUT2D eigenvalue weighted by Gasteiger charge is 2.16. The summed E-state index contributed by atoms with van der Waals surface area (Å²) in [6.45, 7) is 0. The van der Waals surface area contributed by atoms with Crippen molar-refractivity contribution in [3.8, 4) is 11.5 Å². The molecule has 0 bridgehead atoms. The van der Waals surface area contributed by atoms with Gasteiger partial charge in [-0.1, -0.05) is 12.1 Å². The third-order valence-electron chi connectivity index (χ3n) is 2.85. The molecule has 3 N–H and O–H groups in total. The molecular weight excluding hydrogens is 274 g/mol. The van der Waals surface area contributed by atoms with E-state index in [2.05, 4.69) is 5.32 Å². The third kappa shape index (κ3) is 3.11. The second-order valence-electron chi connectivity index (χ2n) is 4.19. The molecule has 0 spiro atoms. The minimum absolute atomic E-state index is 0.0525. The number of nitrogens with one attached hydrogen (secondary N) is 1. The van der Waals surface area contributed by atoms with Crippen LogP contribution in [0.2, 0.25) is 0 Å². The maximum atomic E-state index is 12.1. The van der Waals surface area contributed by atoms with Gasteiger partial charge in [-0.3, -0.25) is 4.79 Å². The Morgan fingerprint density at radius 1 is 1.10 bits per heavy atom. The van der Waals surface area contributed by atoms with Gasteiger partial charge in [-0.05, 0) is 24.3 Å². The molecule has 0 atom stereocenters. The van der Waals surface area contributed by atoms with E-state index < -0.39 is 11.9 Å². The number of phenolic OH excluding ortho intramolecular Hbond substituents is 1. The molecule has 0 unspecified atom stereocenters. The molecule has 6 heteroatoms. The summed E-state index contributed by atoms with van der Waals surface area (Å²) in [5.74, 6) is -1.56. The van der Waals surface area contributed by atoms with Crippen LogP contribution >= 0.6 is 0 Å². The van der Waals surface area contributed by atoms with Crippen molar-refractivity contribution in [2.45, 2.75) is 0 Å². The van der Waals surface area contributed by atoms with Crippen LogP contribution < -0.4 is 10.1 Å². The number of carboxylic acids is 1. The van der Waals surface area contributed by atoms with Gasteiger partial charge in [0.1, 0.15) is 11.5 Å². The maximum absolute atomic E-state index is 12.1. The van der Waals surface area contributed by atoms with Crippen molar-refractivity contribution in [2.75, 3.05) is 12.4 Å². The van der Waals surface area contributed by atoms with Crippen LogP contribution in [0.4, 0.5) is 5.69 Å². The van der Waals surface area contributed by atoms with Gasteiger partial charge < -0.3 is 20.3 Å². The highest BCUT2D eigenvalue weighted by atomic mass is 16.5. The van der Waals surface area contributed by atoms with E-state index in [1.807, 2.05) is 0 Å². The highest BCUT2D eigenvalue weighted by molar-refractivity contribution is 6.09. The predicted octanol–water partition coefficient (Wildman–Crippen LogP) is 2.35. The van der Waals surface area contributed by atoms with Gasteiger partial charge in [-0.25, -0.2) is 4.79 Å². The van der Waals surface area contributed by atoms with Gasteiger partial charge in [0.15, 0.2) is 0 Å². The van der Waals surface area contributed by atoms with Crippen molar-refractivity contribution in [1.29, 1.82) is 0 Å². The molecule has 0 saturated heterocycles. The summed E-state index contributed by atoms with van der Waals surface area (Å²) < 4.78 is 5.01. The zero-order chi connectivity index (χ0) is 15.4. The van der Waals surface area contributed by atoms with Crippen molar-refractivity contribution >= 4 is 17.6 Å². The van der Waals surface area contributed by atoms with Crippen LogP contribution in [0, 0.1) is 0 Å². The predicted molar refractivity (Wildman–Crippen MR) is 76.0 cm³/mol. The maximum Gasteiger partial charge on any atom is 0.337 e. The summed E-state index contributed by atoms with van der Waals surface area (Å²) in [6.07, 6.45) is 0. The fraction of sp³-hybridized carbons (Fsp3) is 0.0667. The van der Waals surface area contributed by atoms with E-state index in [-0.39, 0.29) is 22.6 Å². The average Bonchev–Trinajstić information content (AvgIpc) is 2.47. The average molecular weight is 287 g/mol. The molecule has 21 heavy (non-hydrogen) atoms. The smallest absolute Gasteiger partial charge is 0.337 e. The van der Waals surface area contributed by atoms with Crippen molar-refractivity contribution < 1.29 is 24.5 Å². The number of carboxylic acid groups (broad SMARTS) is 1. The fourth-order valence-electron chi connectivity index (χ4n) is 1.80. The summed E-state index contributed by atoms with van der Waals surface area (Å²) in [5, 5.41) is 21.2. The molecule has 1 amide bonds. The van der Waals surface area contributed by atoms with Crippen LogP contribution in [-0.2, 0) is 0 Å². The summed E-state index contributed by atoms with van der Waals surface area (Å²) >= 11 is 0. The van der Waals surface area contributed by atoms with Crippen LogP contribution in [0.3, 0.4) is 0 Å². The van der Waals surface area contributed by atoms with Gasteiger partial charge in [0.2, 0.25) is 0 Å². The lowest BCUT2D eigenvalue weighted by Gasteiger charge is -2.11. The van der Waals surface area contributed by atoms with E-state index in [9.17, 15) is 14.7 Å². The lowest BCUT2D eigenvalue weighted by Crippen LogP contribution is -2.15. The minimum Gasteiger partial charge on any atom is -0.507 e. The number of para-hydroxylation sites is 1. The Morgan fingerprint density at radius 2 is 1.81 bits per heavy atom. The van der Waals surface area contributed by atoms with Crippen molar-refractivity contribution in [2.24, 2.45) is 0 Å². The standard InChI is InChI=1S/C15H13NO5/c1-21-9-6-7-10(15(19)20)12(8-9)16-14(18)11-4-2-3-5-13(11)17/h2-8,17H,1H3,(H,16,18)(H,19,20). The number of hydrogen-bond acceptors (Lipinski definition) is 4. The Kier molecular flexibility index (Phi) is 4.08. The summed E-state index contributed by atoms with van der Waals surface area (Å²) in [5.41, 5.74) is 0.0753. The van der Waals surface area contributed by atoms with E-state index in [1.165, 1.54) is 37.4 Å². The minimum atomic E-state index is -1.18. The Labute approximate surface area is 120 Å². The SMILES string of the molecule is COc1ccc(C(=O)O)c(NC(=O)c2ccccc2O)c1. The molecule has 2 aromatic rings. The second kappa shape index (κ2) is 5.96. The molecule has 0 aliphatic carbocycles. The van der Waals surface area contributed by atoms with Gasteiger partial charge in [-0.15, -0.1) is 0 Å². The molecule has 6 nitrogen and oxygen atoms in total. The van der Waals surface area contributed by atoms with E-state index in [0.29, 0.717) is 5.75 Å². The first-order valence-corrected chi connectivity index (χ1v) is 6.03. The number of benzene rings is 2. The molecule has 0 saturated carbocycles. The summed E-state index contributed by atoms with van der Waals surface area (Å²) in [7, 11) is 1.43. The zero-order valence-electron chi connectivity index (χ0n) is 11.2. The van der Waals surface area contributed by atoms with Crippen LogP contribution in [-0.4, -0.2) is 29.2 Å². The number of ether oxygens (including phenoxy) is 1. The van der Waals surface area contributed by atoms with Gasteiger partial charge in [0.05, 0.1) is 23.9 Å². The van der Waals surface area contributed by atoms with Crippen molar-refractivity contribution in [3.05, 3.63) is 53.6 Å². The number of amides is 1. The number of carbonyl (C=O) groups is 2. The molecule has 108 valence electrons. The lowest BCUT2D eigenvalue weighted by atomic mass is 10.1. The topological polar surface area (TPSA) is 95.9 Å². The largest absolute Gasteiger partial charge is 0.507 e. The van der Waals surface area contributed by atoms with Gasteiger partial charge >= 0.3 is 5.97 Å². The molecule has 2 aromatic carbocycles. The number of anilines is 1. The van der Waals surface area contributed by atoms with Crippen molar-refractivity contribution in [3.63, 3.8) is 0 Å². The lowest BCUT2D eigenvalue weighted by molar-refractivity contribution is 0.0698. The monoisotopic (exact) mass is 287 g/mol. The first-order chi connectivity index (χ1) is 10.0. The fourth-order valence-corrected chi connectivity index (χ4v) is 1.80. The number of carbonyl (C=O) groups excluding carboxylic acids is 1. The first-order valence-electron chi connectivity index (χ1n) is 6.03. The summed E-state index contributed by atoms with van der Waals surface area (Å²) in [4.78, 5) is 23.3. The molecule has 0 aliphatic rings. The van der Waals surface area contributed by atoms with Gasteiger partial charge in [-0.2, -0.15) is 0 Å². The van der Waals surface area contributed by atoms with Crippen LogP contribution in [0.15, 0.2) is 42.5 Å². The third-order valence-corrected chi connectivity index (χ3v) is 2.85. The first kappa shape index (κ1) is 14.4. The van der Waals surface area contributed by atoms with Gasteiger partial charge in [0, 0.05) is 6.07 Å². The molecule has 0 aliphatic heterocycles. The number of rotatable bonds is 4. The van der Waals surface area contributed by atoms with Crippen LogP contribution in [0.1, 0.15) is 20.7 Å². The van der Waals surface area contributed by atoms with Crippen LogP contribution in [0.25, 0.3) is 0 Å². The molecule has 0 fully saturated rings. The van der Waals surface area contributed by atoms with E-state index >= 15 is 0 Å². The zero-order valence-corrected chi connectivity index (χ0v) is 11.2. The normalized spacial score (nSPS) is 9.95. The summed E-state index contributed by atoms with van der Waals surface area (Å²) in [6, 6.07) is 10.2. The van der Waals surface area contributed by atoms with Crippen molar-refractivity contribution in [1.82, 2.24) is 0 Å². The van der Waals surface area contributed by atoms with Gasteiger partial charge in [0.25, 0.3) is 5.91 Å². The molecule has 0 radical (unpaired) electrons. The highest BCUT2D eigenvalue weighted by Crippen LogP contribution is 2.24.